The summed E-state index contributed by atoms with van der Waals surface area (Å²) in [6.45, 7) is 25.7. The molecule has 0 aliphatic heterocycles. The van der Waals surface area contributed by atoms with Gasteiger partial charge in [0.15, 0.2) is 11.5 Å². The molecule has 1 N–H and O–H groups in total. The van der Waals surface area contributed by atoms with E-state index in [0.29, 0.717) is 0 Å². The van der Waals surface area contributed by atoms with E-state index in [0.717, 1.165) is 23.6 Å². The zero-order valence-electron chi connectivity index (χ0n) is 20.2. The van der Waals surface area contributed by atoms with Crippen LogP contribution >= 0.6 is 0 Å². The summed E-state index contributed by atoms with van der Waals surface area (Å²) in [5, 5.41) is 3.57. The summed E-state index contributed by atoms with van der Waals surface area (Å²) in [6, 6.07) is 6.14. The summed E-state index contributed by atoms with van der Waals surface area (Å²) < 4.78 is 18.8. The fraction of sp³-hybridized carbons (Fsp3) is 0.750. The summed E-state index contributed by atoms with van der Waals surface area (Å²) in [4.78, 5) is 0. The van der Waals surface area contributed by atoms with Gasteiger partial charge >= 0.3 is 0 Å². The average molecular weight is 394 g/mol. The van der Waals surface area contributed by atoms with E-state index < -0.39 is 0 Å². The molecule has 0 heterocycles. The van der Waals surface area contributed by atoms with Gasteiger partial charge in [-0.3, -0.25) is 0 Å². The first-order valence-electron chi connectivity index (χ1n) is 10.3. The quantitative estimate of drug-likeness (QED) is 0.617. The van der Waals surface area contributed by atoms with Gasteiger partial charge in [-0.2, -0.15) is 0 Å². The minimum absolute atomic E-state index is 0.0134. The van der Waals surface area contributed by atoms with Crippen LogP contribution in [0.4, 0.5) is 0 Å². The van der Waals surface area contributed by atoms with E-state index in [9.17, 15) is 0 Å². The SMILES string of the molecule is CC(C)(C)NCC(OC(C)(C)C)c1ccc(OC(C)(C)C)c(OC(C)(C)C)c1. The maximum atomic E-state index is 6.39. The van der Waals surface area contributed by atoms with Gasteiger partial charge in [0.1, 0.15) is 11.2 Å². The first-order chi connectivity index (χ1) is 12.3. The molecule has 0 aliphatic rings. The van der Waals surface area contributed by atoms with Crippen molar-refractivity contribution in [1.29, 1.82) is 0 Å². The third-order valence-electron chi connectivity index (χ3n) is 3.49. The Morgan fingerprint density at radius 2 is 1.21 bits per heavy atom. The van der Waals surface area contributed by atoms with Crippen LogP contribution in [-0.4, -0.2) is 28.9 Å². The Bertz CT molecular complexity index is 625. The largest absolute Gasteiger partial charge is 0.484 e. The topological polar surface area (TPSA) is 39.7 Å². The van der Waals surface area contributed by atoms with Crippen molar-refractivity contribution >= 4 is 0 Å². The molecule has 1 aromatic rings. The Hall–Kier alpha value is -1.26. The predicted molar refractivity (Wildman–Crippen MR) is 119 cm³/mol. The van der Waals surface area contributed by atoms with Crippen LogP contribution in [0.3, 0.4) is 0 Å². The minimum Gasteiger partial charge on any atom is -0.484 e. The molecule has 0 aliphatic carbocycles. The van der Waals surface area contributed by atoms with E-state index in [1.165, 1.54) is 0 Å². The van der Waals surface area contributed by atoms with Gasteiger partial charge in [0.2, 0.25) is 0 Å². The number of rotatable bonds is 6. The summed E-state index contributed by atoms with van der Waals surface area (Å²) in [6.07, 6.45) is -0.0924. The standard InChI is InChI=1S/C24H43NO3/c1-21(2,3)25-16-20(28-24(10,11)12)17-13-14-18(26-22(4,5)6)19(15-17)27-23(7,8)9/h13-15,20,25H,16H2,1-12H3. The van der Waals surface area contributed by atoms with Gasteiger partial charge in [-0.25, -0.2) is 0 Å². The van der Waals surface area contributed by atoms with Crippen LogP contribution in [-0.2, 0) is 4.74 Å². The van der Waals surface area contributed by atoms with Crippen LogP contribution in [0.25, 0.3) is 0 Å². The molecule has 0 saturated carbocycles. The first-order valence-corrected chi connectivity index (χ1v) is 10.3. The smallest absolute Gasteiger partial charge is 0.162 e. The van der Waals surface area contributed by atoms with Gasteiger partial charge in [0, 0.05) is 12.1 Å². The van der Waals surface area contributed by atoms with E-state index in [1.807, 2.05) is 47.6 Å². The second-order valence-corrected chi connectivity index (χ2v) is 11.5. The fourth-order valence-electron chi connectivity index (χ4n) is 2.60. The zero-order valence-corrected chi connectivity index (χ0v) is 20.2. The summed E-state index contributed by atoms with van der Waals surface area (Å²) in [5.41, 5.74) is 0.216. The zero-order chi connectivity index (χ0) is 22.0. The Balaban J connectivity index is 3.30. The van der Waals surface area contributed by atoms with Gasteiger partial charge in [-0.05, 0) is 101 Å². The lowest BCUT2D eigenvalue weighted by molar-refractivity contribution is -0.0626. The molecule has 0 radical (unpaired) electrons. The van der Waals surface area contributed by atoms with Gasteiger partial charge < -0.3 is 19.5 Å². The Morgan fingerprint density at radius 3 is 1.64 bits per heavy atom. The van der Waals surface area contributed by atoms with Crippen molar-refractivity contribution in [3.05, 3.63) is 23.8 Å². The molecule has 28 heavy (non-hydrogen) atoms. The van der Waals surface area contributed by atoms with Crippen LogP contribution in [0.1, 0.15) is 94.8 Å². The van der Waals surface area contributed by atoms with E-state index in [-0.39, 0.29) is 28.4 Å². The van der Waals surface area contributed by atoms with Crippen molar-refractivity contribution in [3.8, 4) is 11.5 Å². The number of ether oxygens (including phenoxy) is 3. The Kier molecular flexibility index (Phi) is 7.63. The van der Waals surface area contributed by atoms with E-state index in [1.54, 1.807) is 0 Å². The van der Waals surface area contributed by atoms with Crippen LogP contribution < -0.4 is 14.8 Å². The van der Waals surface area contributed by atoms with Crippen molar-refractivity contribution in [2.24, 2.45) is 0 Å². The van der Waals surface area contributed by atoms with E-state index >= 15 is 0 Å². The molecule has 4 heteroatoms. The van der Waals surface area contributed by atoms with E-state index in [2.05, 4.69) is 59.0 Å². The molecule has 4 nitrogen and oxygen atoms in total. The molecule has 0 saturated heterocycles. The molecule has 0 fully saturated rings. The second-order valence-electron chi connectivity index (χ2n) is 11.5. The monoisotopic (exact) mass is 393 g/mol. The highest BCUT2D eigenvalue weighted by atomic mass is 16.5. The average Bonchev–Trinajstić information content (AvgIpc) is 2.40. The lowest BCUT2D eigenvalue weighted by Gasteiger charge is -2.32. The van der Waals surface area contributed by atoms with Gasteiger partial charge in [0.05, 0.1) is 11.7 Å². The summed E-state index contributed by atoms with van der Waals surface area (Å²) >= 11 is 0. The van der Waals surface area contributed by atoms with Crippen molar-refractivity contribution in [2.45, 2.75) is 112 Å². The summed E-state index contributed by atoms with van der Waals surface area (Å²) in [7, 11) is 0. The van der Waals surface area contributed by atoms with E-state index in [4.69, 9.17) is 14.2 Å². The maximum absolute atomic E-state index is 6.39. The summed E-state index contributed by atoms with van der Waals surface area (Å²) in [5.74, 6) is 1.50. The highest BCUT2D eigenvalue weighted by Gasteiger charge is 2.26. The molecule has 162 valence electrons. The minimum atomic E-state index is -0.321. The molecule has 1 aromatic carbocycles. The molecular formula is C24H43NO3. The lowest BCUT2D eigenvalue weighted by atomic mass is 10.0. The van der Waals surface area contributed by atoms with Gasteiger partial charge in [-0.15, -0.1) is 0 Å². The van der Waals surface area contributed by atoms with Gasteiger partial charge in [0.25, 0.3) is 0 Å². The molecule has 1 unspecified atom stereocenters. The van der Waals surface area contributed by atoms with Crippen LogP contribution in [0.2, 0.25) is 0 Å². The van der Waals surface area contributed by atoms with Crippen LogP contribution in [0, 0.1) is 0 Å². The number of hydrogen-bond donors (Lipinski definition) is 1. The normalized spacial score (nSPS) is 14.7. The van der Waals surface area contributed by atoms with Crippen molar-refractivity contribution in [2.75, 3.05) is 6.54 Å². The van der Waals surface area contributed by atoms with Gasteiger partial charge in [-0.1, -0.05) is 6.07 Å². The molecular weight excluding hydrogens is 350 g/mol. The third kappa shape index (κ3) is 10.3. The Labute approximate surface area is 173 Å². The van der Waals surface area contributed by atoms with Crippen molar-refractivity contribution in [3.63, 3.8) is 0 Å². The molecule has 0 aromatic heterocycles. The molecule has 0 amide bonds. The lowest BCUT2D eigenvalue weighted by Crippen LogP contribution is -2.40. The first kappa shape index (κ1) is 24.8. The second kappa shape index (κ2) is 8.62. The van der Waals surface area contributed by atoms with Crippen LogP contribution in [0.5, 0.6) is 11.5 Å². The highest BCUT2D eigenvalue weighted by Crippen LogP contribution is 2.36. The third-order valence-corrected chi connectivity index (χ3v) is 3.49. The molecule has 1 rings (SSSR count). The maximum Gasteiger partial charge on any atom is 0.162 e. The fourth-order valence-corrected chi connectivity index (χ4v) is 2.60. The highest BCUT2D eigenvalue weighted by molar-refractivity contribution is 5.44. The molecule has 0 bridgehead atoms. The van der Waals surface area contributed by atoms with Crippen LogP contribution in [0.15, 0.2) is 18.2 Å². The van der Waals surface area contributed by atoms with Crippen molar-refractivity contribution in [1.82, 2.24) is 5.32 Å². The molecule has 1 atom stereocenters. The number of hydrogen-bond acceptors (Lipinski definition) is 4. The number of benzene rings is 1. The van der Waals surface area contributed by atoms with Crippen molar-refractivity contribution < 1.29 is 14.2 Å². The predicted octanol–water partition coefficient (Wildman–Crippen LogP) is 6.29. The molecule has 0 spiro atoms. The number of nitrogens with one attached hydrogen (secondary N) is 1. The Morgan fingerprint density at radius 1 is 0.714 bits per heavy atom.